The summed E-state index contributed by atoms with van der Waals surface area (Å²) in [6, 6.07) is 0. The van der Waals surface area contributed by atoms with Gasteiger partial charge in [-0.25, -0.2) is 0 Å². The molecule has 16 heavy (non-hydrogen) atoms. The summed E-state index contributed by atoms with van der Waals surface area (Å²) in [4.78, 5) is 10.4. The fraction of sp³-hybridized carbons (Fsp3) is 0.692. The molecule has 3 nitrogen and oxygen atoms in total. The van der Waals surface area contributed by atoms with E-state index in [1.54, 1.807) is 19.8 Å². The molecule has 0 saturated heterocycles. The van der Waals surface area contributed by atoms with E-state index in [4.69, 9.17) is 9.84 Å². The second-order valence-electron chi connectivity index (χ2n) is 4.28. The molecule has 0 aliphatic heterocycles. The summed E-state index contributed by atoms with van der Waals surface area (Å²) in [5, 5.41) is 9.08. The van der Waals surface area contributed by atoms with Crippen LogP contribution in [0.3, 0.4) is 0 Å². The van der Waals surface area contributed by atoms with Crippen LogP contribution in [0, 0.1) is 19.3 Å². The lowest BCUT2D eigenvalue weighted by Crippen LogP contribution is -2.29. The summed E-state index contributed by atoms with van der Waals surface area (Å²) in [6.07, 6.45) is 8.86. The number of ether oxygens (including phenoxy) is 1. The number of hydrogen-bond donors (Lipinski definition) is 1. The molecular weight excluding hydrogens is 204 g/mol. The van der Waals surface area contributed by atoms with Crippen molar-refractivity contribution in [2.75, 3.05) is 0 Å². The van der Waals surface area contributed by atoms with Crippen molar-refractivity contribution in [3.8, 4) is 0 Å². The van der Waals surface area contributed by atoms with Crippen molar-refractivity contribution in [1.29, 1.82) is 0 Å². The van der Waals surface area contributed by atoms with Gasteiger partial charge in [-0.15, -0.1) is 0 Å². The largest absolute Gasteiger partial charge is 0.461 e. The molecule has 0 unspecified atom stereocenters. The second kappa shape index (κ2) is 8.57. The highest BCUT2D eigenvalue weighted by Gasteiger charge is 2.25. The molecule has 0 aromatic rings. The Morgan fingerprint density at radius 2 is 2.12 bits per heavy atom. The highest BCUT2D eigenvalue weighted by atomic mass is 16.5. The van der Waals surface area contributed by atoms with Gasteiger partial charge in [-0.3, -0.25) is 4.79 Å². The van der Waals surface area contributed by atoms with Crippen molar-refractivity contribution in [2.45, 2.75) is 58.2 Å². The molecule has 0 aliphatic carbocycles. The Balaban J connectivity index is 3.94. The Labute approximate surface area is 99.2 Å². The van der Waals surface area contributed by atoms with E-state index in [1.165, 1.54) is 0 Å². The van der Waals surface area contributed by atoms with Gasteiger partial charge in [0.15, 0.2) is 0 Å². The van der Waals surface area contributed by atoms with Crippen molar-refractivity contribution < 1.29 is 14.6 Å². The third kappa shape index (κ3) is 7.69. The first-order valence-corrected chi connectivity index (χ1v) is 5.86. The Morgan fingerprint density at radius 1 is 1.44 bits per heavy atom. The molecule has 93 valence electrons. The Morgan fingerprint density at radius 3 is 2.62 bits per heavy atom. The van der Waals surface area contributed by atoms with E-state index in [9.17, 15) is 4.79 Å². The zero-order chi connectivity index (χ0) is 12.4. The predicted octanol–water partition coefficient (Wildman–Crippen LogP) is 2.49. The van der Waals surface area contributed by atoms with Crippen LogP contribution in [0.5, 0.6) is 0 Å². The summed E-state index contributed by atoms with van der Waals surface area (Å²) < 4.78 is 5.09. The third-order valence-corrected chi connectivity index (χ3v) is 2.43. The first-order valence-electron chi connectivity index (χ1n) is 5.86. The van der Waals surface area contributed by atoms with E-state index in [0.29, 0.717) is 6.47 Å². The molecule has 0 aromatic carbocycles. The molecule has 0 rings (SSSR count). The van der Waals surface area contributed by atoms with Crippen LogP contribution in [0.2, 0.25) is 0 Å². The third-order valence-electron chi connectivity index (χ3n) is 2.43. The van der Waals surface area contributed by atoms with E-state index >= 15 is 0 Å². The monoisotopic (exact) mass is 227 g/mol. The van der Waals surface area contributed by atoms with Gasteiger partial charge in [-0.05, 0) is 39.5 Å². The van der Waals surface area contributed by atoms with Crippen LogP contribution in [-0.2, 0) is 9.53 Å². The van der Waals surface area contributed by atoms with Crippen LogP contribution in [-0.4, -0.2) is 23.3 Å². The van der Waals surface area contributed by atoms with Gasteiger partial charge in [0.25, 0.3) is 6.47 Å². The van der Waals surface area contributed by atoms with E-state index in [1.807, 2.05) is 13.3 Å². The number of aliphatic hydroxyl groups excluding tert-OH is 1. The fourth-order valence-corrected chi connectivity index (χ4v) is 1.44. The van der Waals surface area contributed by atoms with E-state index in [2.05, 4.69) is 6.92 Å². The van der Waals surface area contributed by atoms with Crippen LogP contribution in [0.4, 0.5) is 0 Å². The predicted molar refractivity (Wildman–Crippen MR) is 64.3 cm³/mol. The molecule has 0 aliphatic rings. The molecule has 2 atom stereocenters. The van der Waals surface area contributed by atoms with Gasteiger partial charge < -0.3 is 9.84 Å². The maximum absolute atomic E-state index is 10.4. The SMILES string of the molecule is CCCCC[C@](C)([CH][CH][CH][C@H](C)O)OC=O. The molecule has 1 N–H and O–H groups in total. The number of unbranched alkanes of at least 4 members (excludes halogenated alkanes) is 2. The van der Waals surface area contributed by atoms with Gasteiger partial charge >= 0.3 is 0 Å². The maximum Gasteiger partial charge on any atom is 0.293 e. The van der Waals surface area contributed by atoms with Crippen LogP contribution >= 0.6 is 0 Å². The average molecular weight is 227 g/mol. The highest BCUT2D eigenvalue weighted by molar-refractivity contribution is 5.39. The molecule has 3 radical (unpaired) electrons. The molecule has 0 heterocycles. The zero-order valence-electron chi connectivity index (χ0n) is 10.5. The summed E-state index contributed by atoms with van der Waals surface area (Å²) in [7, 11) is 0. The summed E-state index contributed by atoms with van der Waals surface area (Å²) in [5.41, 5.74) is -0.553. The Bertz CT molecular complexity index is 180. The van der Waals surface area contributed by atoms with Crippen molar-refractivity contribution >= 4 is 6.47 Å². The molecule has 0 spiro atoms. The van der Waals surface area contributed by atoms with Gasteiger partial charge in [0, 0.05) is 6.42 Å². The number of aliphatic hydroxyl groups is 1. The lowest BCUT2D eigenvalue weighted by molar-refractivity contribution is -0.139. The molecule has 0 amide bonds. The minimum Gasteiger partial charge on any atom is -0.461 e. The standard InChI is InChI=1S/C13H23O3/c1-4-5-6-9-13(3,16-11-14)10-7-8-12(2)15/h7-8,10-12,15H,4-6,9H2,1-3H3/t12-,13+/m0/s1. The molecule has 0 saturated carbocycles. The van der Waals surface area contributed by atoms with Crippen LogP contribution in [0.25, 0.3) is 0 Å². The molecule has 0 fully saturated rings. The Hall–Kier alpha value is -0.570. The van der Waals surface area contributed by atoms with E-state index in [0.717, 1.165) is 25.7 Å². The van der Waals surface area contributed by atoms with Crippen LogP contribution in [0.1, 0.15) is 46.5 Å². The smallest absolute Gasteiger partial charge is 0.293 e. The van der Waals surface area contributed by atoms with Crippen molar-refractivity contribution in [2.24, 2.45) is 0 Å². The van der Waals surface area contributed by atoms with Gasteiger partial charge in [0.05, 0.1) is 6.10 Å². The summed E-state index contributed by atoms with van der Waals surface area (Å²) in [6.45, 7) is 6.18. The van der Waals surface area contributed by atoms with Gasteiger partial charge in [-0.2, -0.15) is 0 Å². The minimum absolute atomic E-state index is 0.479. The van der Waals surface area contributed by atoms with Crippen LogP contribution in [0.15, 0.2) is 0 Å². The molecule has 0 aromatic heterocycles. The van der Waals surface area contributed by atoms with Crippen molar-refractivity contribution in [1.82, 2.24) is 0 Å². The number of hydrogen-bond acceptors (Lipinski definition) is 3. The lowest BCUT2D eigenvalue weighted by Gasteiger charge is -2.27. The lowest BCUT2D eigenvalue weighted by atomic mass is 9.91. The molecule has 0 bridgehead atoms. The first kappa shape index (κ1) is 15.4. The number of carbonyl (C=O) groups is 1. The fourth-order valence-electron chi connectivity index (χ4n) is 1.44. The maximum atomic E-state index is 10.4. The van der Waals surface area contributed by atoms with Crippen molar-refractivity contribution in [3.05, 3.63) is 19.3 Å². The molecular formula is C13H23O3. The number of rotatable bonds is 10. The topological polar surface area (TPSA) is 46.5 Å². The molecule has 3 heteroatoms. The van der Waals surface area contributed by atoms with Gasteiger partial charge in [0.2, 0.25) is 0 Å². The summed E-state index contributed by atoms with van der Waals surface area (Å²) >= 11 is 0. The first-order chi connectivity index (χ1) is 7.54. The quantitative estimate of drug-likeness (QED) is 0.461. The average Bonchev–Trinajstić information content (AvgIpc) is 2.18. The summed E-state index contributed by atoms with van der Waals surface area (Å²) in [5.74, 6) is 0. The van der Waals surface area contributed by atoms with E-state index in [-0.39, 0.29) is 0 Å². The van der Waals surface area contributed by atoms with E-state index < -0.39 is 11.7 Å². The normalized spacial score (nSPS) is 16.5. The van der Waals surface area contributed by atoms with Gasteiger partial charge in [0.1, 0.15) is 5.60 Å². The number of carbonyl (C=O) groups excluding carboxylic acids is 1. The van der Waals surface area contributed by atoms with Crippen LogP contribution < -0.4 is 0 Å². The van der Waals surface area contributed by atoms with Crippen molar-refractivity contribution in [3.63, 3.8) is 0 Å². The zero-order valence-corrected chi connectivity index (χ0v) is 10.5. The minimum atomic E-state index is -0.553. The highest BCUT2D eigenvalue weighted by Crippen LogP contribution is 2.23. The second-order valence-corrected chi connectivity index (χ2v) is 4.28. The Kier molecular flexibility index (Phi) is 8.26. The van der Waals surface area contributed by atoms with Gasteiger partial charge in [-0.1, -0.05) is 19.8 Å².